The summed E-state index contributed by atoms with van der Waals surface area (Å²) in [5.41, 5.74) is 0. The molecule has 0 bridgehead atoms. The molecule has 0 atom stereocenters. The molecule has 19 heavy (non-hydrogen) atoms. The van der Waals surface area contributed by atoms with Crippen LogP contribution in [0, 0.1) is 0 Å². The van der Waals surface area contributed by atoms with Crippen molar-refractivity contribution in [1.82, 2.24) is 14.7 Å². The number of carboxylic acids is 1. The van der Waals surface area contributed by atoms with Crippen LogP contribution in [0.3, 0.4) is 0 Å². The molecule has 2 N–H and O–H groups in total. The lowest BCUT2D eigenvalue weighted by Crippen LogP contribution is -2.55. The summed E-state index contributed by atoms with van der Waals surface area (Å²) < 4.78 is 0. The molecule has 0 aromatic heterocycles. The number of hydrogen-bond acceptors (Lipinski definition) is 4. The monoisotopic (exact) mass is 273 g/mol. The second-order valence-electron chi connectivity index (χ2n) is 4.95. The highest BCUT2D eigenvalue weighted by Gasteiger charge is 2.26. The Labute approximate surface area is 113 Å². The van der Waals surface area contributed by atoms with E-state index in [1.807, 2.05) is 18.7 Å². The Morgan fingerprint density at radius 1 is 1.21 bits per heavy atom. The highest BCUT2D eigenvalue weighted by Crippen LogP contribution is 2.08. The van der Waals surface area contributed by atoms with Gasteiger partial charge in [-0.1, -0.05) is 0 Å². The highest BCUT2D eigenvalue weighted by molar-refractivity contribution is 5.75. The number of aliphatic carboxylic acids is 1. The summed E-state index contributed by atoms with van der Waals surface area (Å²) in [6.45, 7) is 6.32. The van der Waals surface area contributed by atoms with Crippen molar-refractivity contribution < 1.29 is 19.8 Å². The van der Waals surface area contributed by atoms with E-state index in [9.17, 15) is 9.59 Å². The second kappa shape index (κ2) is 7.30. The third-order valence-corrected chi connectivity index (χ3v) is 3.21. The van der Waals surface area contributed by atoms with Gasteiger partial charge in [-0.15, -0.1) is 0 Å². The molecule has 1 rings (SSSR count). The molecule has 2 amide bonds. The van der Waals surface area contributed by atoms with Gasteiger partial charge in [-0.25, -0.2) is 4.79 Å². The zero-order valence-corrected chi connectivity index (χ0v) is 11.6. The van der Waals surface area contributed by atoms with Gasteiger partial charge in [0.1, 0.15) is 0 Å². The second-order valence-corrected chi connectivity index (χ2v) is 4.95. The molecule has 1 saturated heterocycles. The van der Waals surface area contributed by atoms with E-state index in [0.717, 1.165) is 0 Å². The van der Waals surface area contributed by atoms with Crippen LogP contribution < -0.4 is 0 Å². The molecular weight excluding hydrogens is 250 g/mol. The number of aliphatic hydroxyl groups excluding tert-OH is 1. The predicted octanol–water partition coefficient (Wildman–Crippen LogP) is -0.489. The van der Waals surface area contributed by atoms with Crippen molar-refractivity contribution in [3.8, 4) is 0 Å². The van der Waals surface area contributed by atoms with Gasteiger partial charge in [0.05, 0.1) is 13.2 Å². The highest BCUT2D eigenvalue weighted by atomic mass is 16.4. The fourth-order valence-electron chi connectivity index (χ4n) is 2.15. The third-order valence-electron chi connectivity index (χ3n) is 3.21. The van der Waals surface area contributed by atoms with Crippen LogP contribution in [-0.2, 0) is 4.79 Å². The van der Waals surface area contributed by atoms with Crippen molar-refractivity contribution in [2.75, 3.05) is 45.9 Å². The molecule has 0 aromatic carbocycles. The Bertz CT molecular complexity index is 314. The van der Waals surface area contributed by atoms with Crippen LogP contribution in [0.2, 0.25) is 0 Å². The number of carbonyl (C=O) groups excluding carboxylic acids is 1. The minimum Gasteiger partial charge on any atom is -0.480 e. The van der Waals surface area contributed by atoms with E-state index in [0.29, 0.717) is 32.7 Å². The van der Waals surface area contributed by atoms with Gasteiger partial charge in [-0.05, 0) is 13.8 Å². The zero-order chi connectivity index (χ0) is 14.4. The maximum absolute atomic E-state index is 12.3. The van der Waals surface area contributed by atoms with E-state index in [4.69, 9.17) is 10.2 Å². The molecule has 1 aliphatic heterocycles. The van der Waals surface area contributed by atoms with E-state index >= 15 is 0 Å². The van der Waals surface area contributed by atoms with Crippen LogP contribution in [0.25, 0.3) is 0 Å². The zero-order valence-electron chi connectivity index (χ0n) is 11.6. The first-order chi connectivity index (χ1) is 8.95. The number of rotatable bonds is 5. The van der Waals surface area contributed by atoms with Crippen molar-refractivity contribution >= 4 is 12.0 Å². The van der Waals surface area contributed by atoms with E-state index < -0.39 is 5.97 Å². The number of nitrogens with zero attached hydrogens (tertiary/aromatic N) is 3. The molecule has 0 saturated carbocycles. The molecule has 0 radical (unpaired) electrons. The lowest BCUT2D eigenvalue weighted by atomic mass is 10.3. The number of urea groups is 1. The van der Waals surface area contributed by atoms with Crippen molar-refractivity contribution in [3.63, 3.8) is 0 Å². The van der Waals surface area contributed by atoms with Crippen LogP contribution in [0.15, 0.2) is 0 Å². The lowest BCUT2D eigenvalue weighted by Gasteiger charge is -2.38. The van der Waals surface area contributed by atoms with Crippen molar-refractivity contribution in [1.29, 1.82) is 0 Å². The molecule has 1 fully saturated rings. The van der Waals surface area contributed by atoms with E-state index in [1.165, 1.54) is 0 Å². The molecule has 0 unspecified atom stereocenters. The lowest BCUT2D eigenvalue weighted by molar-refractivity contribution is -0.138. The van der Waals surface area contributed by atoms with Gasteiger partial charge in [0.2, 0.25) is 0 Å². The summed E-state index contributed by atoms with van der Waals surface area (Å²) in [4.78, 5) is 28.0. The number of amides is 2. The van der Waals surface area contributed by atoms with Crippen molar-refractivity contribution in [2.45, 2.75) is 19.9 Å². The number of aliphatic hydroxyl groups is 1. The Hall–Kier alpha value is -1.34. The summed E-state index contributed by atoms with van der Waals surface area (Å²) in [6, 6.07) is -0.0456. The first-order valence-corrected chi connectivity index (χ1v) is 6.56. The molecule has 0 spiro atoms. The van der Waals surface area contributed by atoms with Gasteiger partial charge in [0.15, 0.2) is 0 Å². The maximum atomic E-state index is 12.3. The minimum atomic E-state index is -0.844. The van der Waals surface area contributed by atoms with Gasteiger partial charge in [-0.2, -0.15) is 0 Å². The van der Waals surface area contributed by atoms with Crippen LogP contribution in [0.5, 0.6) is 0 Å². The fourth-order valence-corrected chi connectivity index (χ4v) is 2.15. The molecular formula is C12H23N3O4. The number of piperazine rings is 1. The Balaban J connectivity index is 2.49. The molecule has 0 aromatic rings. The van der Waals surface area contributed by atoms with Crippen LogP contribution >= 0.6 is 0 Å². The smallest absolute Gasteiger partial charge is 0.320 e. The molecule has 1 heterocycles. The van der Waals surface area contributed by atoms with E-state index in [1.54, 1.807) is 9.80 Å². The first-order valence-electron chi connectivity index (χ1n) is 6.56. The number of carbonyl (C=O) groups is 2. The van der Waals surface area contributed by atoms with Crippen LogP contribution in [0.1, 0.15) is 13.8 Å². The Morgan fingerprint density at radius 2 is 1.79 bits per heavy atom. The summed E-state index contributed by atoms with van der Waals surface area (Å²) >= 11 is 0. The average molecular weight is 273 g/mol. The summed E-state index contributed by atoms with van der Waals surface area (Å²) in [5.74, 6) is -0.844. The molecule has 7 nitrogen and oxygen atoms in total. The molecule has 1 aliphatic rings. The summed E-state index contributed by atoms with van der Waals surface area (Å²) in [7, 11) is 0. The predicted molar refractivity (Wildman–Crippen MR) is 70.0 cm³/mol. The summed E-state index contributed by atoms with van der Waals surface area (Å²) in [5, 5.41) is 17.7. The number of hydrogen-bond donors (Lipinski definition) is 2. The maximum Gasteiger partial charge on any atom is 0.320 e. The van der Waals surface area contributed by atoms with Crippen LogP contribution in [0.4, 0.5) is 4.79 Å². The van der Waals surface area contributed by atoms with E-state index in [2.05, 4.69) is 0 Å². The van der Waals surface area contributed by atoms with Gasteiger partial charge < -0.3 is 20.0 Å². The third kappa shape index (κ3) is 4.68. The Kier molecular flexibility index (Phi) is 6.04. The standard InChI is InChI=1S/C12H23N3O4/c1-10(2)15(7-8-16)12(19)14-5-3-13(4-6-14)9-11(17)18/h10,16H,3-9H2,1-2H3,(H,17,18). The number of carboxylic acid groups (broad SMARTS) is 1. The van der Waals surface area contributed by atoms with Crippen molar-refractivity contribution in [2.24, 2.45) is 0 Å². The van der Waals surface area contributed by atoms with Gasteiger partial charge >= 0.3 is 12.0 Å². The molecule has 110 valence electrons. The SMILES string of the molecule is CC(C)N(CCO)C(=O)N1CCN(CC(=O)O)CC1. The summed E-state index contributed by atoms with van der Waals surface area (Å²) in [6.07, 6.45) is 0. The quantitative estimate of drug-likeness (QED) is 0.706. The topological polar surface area (TPSA) is 84.3 Å². The van der Waals surface area contributed by atoms with Crippen molar-refractivity contribution in [3.05, 3.63) is 0 Å². The average Bonchev–Trinajstić information content (AvgIpc) is 2.35. The fraction of sp³-hybridized carbons (Fsp3) is 0.833. The minimum absolute atomic E-state index is 0.0204. The Morgan fingerprint density at radius 3 is 2.21 bits per heavy atom. The molecule has 0 aliphatic carbocycles. The first kappa shape index (κ1) is 15.7. The van der Waals surface area contributed by atoms with E-state index in [-0.39, 0.29) is 25.2 Å². The van der Waals surface area contributed by atoms with Gasteiger partial charge in [0.25, 0.3) is 0 Å². The normalized spacial score (nSPS) is 16.7. The largest absolute Gasteiger partial charge is 0.480 e. The van der Waals surface area contributed by atoms with Crippen LogP contribution in [-0.4, -0.2) is 88.8 Å². The molecule has 7 heteroatoms. The van der Waals surface area contributed by atoms with Gasteiger partial charge in [-0.3, -0.25) is 9.69 Å². The van der Waals surface area contributed by atoms with Gasteiger partial charge in [0, 0.05) is 38.8 Å².